The summed E-state index contributed by atoms with van der Waals surface area (Å²) in [6, 6.07) is 4.88. The first-order valence-electron chi connectivity index (χ1n) is 6.44. The molecule has 0 fully saturated rings. The maximum Gasteiger partial charge on any atom is 0.286 e. The Hall–Kier alpha value is -1.70. The molecule has 3 rings (SSSR count). The van der Waals surface area contributed by atoms with Crippen LogP contribution in [0, 0.1) is 0 Å². The Kier molecular flexibility index (Phi) is 4.03. The van der Waals surface area contributed by atoms with Gasteiger partial charge in [0, 0.05) is 11.6 Å². The van der Waals surface area contributed by atoms with E-state index in [-0.39, 0.29) is 11.8 Å². The lowest BCUT2D eigenvalue weighted by Gasteiger charge is -2.04. The van der Waals surface area contributed by atoms with E-state index in [0.29, 0.717) is 25.7 Å². The average Bonchev–Trinajstić information content (AvgIpc) is 3.02. The summed E-state index contributed by atoms with van der Waals surface area (Å²) in [5.74, 6) is 0.562. The number of anilines is 1. The summed E-state index contributed by atoms with van der Waals surface area (Å²) in [5, 5.41) is 16.2. The number of hydrogen-bond donors (Lipinski definition) is 1. The minimum Gasteiger partial charge on any atom is -0.320 e. The van der Waals surface area contributed by atoms with Gasteiger partial charge in [0.25, 0.3) is 5.91 Å². The number of halogens is 2. The minimum atomic E-state index is -0.330. The largest absolute Gasteiger partial charge is 0.320 e. The number of fused-ring (bicyclic) bond motifs is 1. The minimum absolute atomic E-state index is 0.170. The third-order valence-corrected chi connectivity index (χ3v) is 4.54. The van der Waals surface area contributed by atoms with Gasteiger partial charge in [0.1, 0.15) is 0 Å². The fraction of sp³-hybridized carbons (Fsp3) is 0.231. The molecule has 1 amide bonds. The number of nitrogens with zero attached hydrogens (tertiary/aromatic N) is 4. The summed E-state index contributed by atoms with van der Waals surface area (Å²) in [6.07, 6.45) is 0. The zero-order valence-corrected chi connectivity index (χ0v) is 14.0. The predicted molar refractivity (Wildman–Crippen MR) is 87.2 cm³/mol. The first-order valence-corrected chi connectivity index (χ1v) is 8.01. The first-order chi connectivity index (χ1) is 10.5. The molecule has 0 saturated heterocycles. The van der Waals surface area contributed by atoms with Gasteiger partial charge in [-0.1, -0.05) is 48.4 Å². The first kappa shape index (κ1) is 15.2. The number of carbonyl (C=O) groups is 1. The van der Waals surface area contributed by atoms with E-state index in [1.165, 1.54) is 11.3 Å². The van der Waals surface area contributed by atoms with Gasteiger partial charge < -0.3 is 5.32 Å². The van der Waals surface area contributed by atoms with Gasteiger partial charge in [-0.2, -0.15) is 4.52 Å². The summed E-state index contributed by atoms with van der Waals surface area (Å²) in [5.41, 5.74) is 0.550. The second-order valence-corrected chi connectivity index (χ2v) is 6.67. The van der Waals surface area contributed by atoms with Crippen molar-refractivity contribution < 1.29 is 4.79 Å². The van der Waals surface area contributed by atoms with Crippen LogP contribution in [0.4, 0.5) is 5.69 Å². The van der Waals surface area contributed by atoms with Gasteiger partial charge in [-0.3, -0.25) is 4.79 Å². The molecule has 1 aromatic carbocycles. The van der Waals surface area contributed by atoms with E-state index in [4.69, 9.17) is 23.2 Å². The van der Waals surface area contributed by atoms with E-state index >= 15 is 0 Å². The molecular weight excluding hydrogens is 345 g/mol. The normalized spacial score (nSPS) is 11.3. The van der Waals surface area contributed by atoms with Crippen molar-refractivity contribution in [2.24, 2.45) is 0 Å². The highest BCUT2D eigenvalue weighted by Crippen LogP contribution is 2.26. The second kappa shape index (κ2) is 5.83. The fourth-order valence-electron chi connectivity index (χ4n) is 1.84. The third kappa shape index (κ3) is 2.79. The van der Waals surface area contributed by atoms with E-state index in [0.717, 1.165) is 5.82 Å². The van der Waals surface area contributed by atoms with E-state index in [2.05, 4.69) is 20.6 Å². The smallest absolute Gasteiger partial charge is 0.286 e. The number of hydrogen-bond acceptors (Lipinski definition) is 5. The van der Waals surface area contributed by atoms with Crippen molar-refractivity contribution in [1.82, 2.24) is 19.8 Å². The van der Waals surface area contributed by atoms with Crippen LogP contribution >= 0.6 is 34.5 Å². The molecule has 0 bridgehead atoms. The van der Waals surface area contributed by atoms with Crippen LogP contribution in [0.3, 0.4) is 0 Å². The molecular formula is C13H11Cl2N5OS. The summed E-state index contributed by atoms with van der Waals surface area (Å²) in [4.78, 5) is 12.8. The van der Waals surface area contributed by atoms with Gasteiger partial charge in [-0.15, -0.1) is 15.3 Å². The standard InChI is InChI=1S/C13H11Cl2N5OS/c1-6(2)10-17-18-13-20(10)19-12(22-13)11(21)16-7-3-4-8(14)9(15)5-7/h3-6H,1-2H3,(H,16,21). The molecule has 9 heteroatoms. The van der Waals surface area contributed by atoms with Crippen LogP contribution in [0.1, 0.15) is 35.4 Å². The van der Waals surface area contributed by atoms with Crippen LogP contribution in [0.15, 0.2) is 18.2 Å². The molecule has 0 spiro atoms. The maximum absolute atomic E-state index is 12.3. The average molecular weight is 356 g/mol. The van der Waals surface area contributed by atoms with Crippen molar-refractivity contribution >= 4 is 51.1 Å². The van der Waals surface area contributed by atoms with Crippen LogP contribution in [-0.4, -0.2) is 25.7 Å². The Morgan fingerprint density at radius 1 is 1.27 bits per heavy atom. The number of amides is 1. The fourth-order valence-corrected chi connectivity index (χ4v) is 2.88. The third-order valence-electron chi connectivity index (χ3n) is 2.90. The monoisotopic (exact) mass is 355 g/mol. The Morgan fingerprint density at radius 3 is 2.73 bits per heavy atom. The van der Waals surface area contributed by atoms with Crippen molar-refractivity contribution in [3.05, 3.63) is 39.1 Å². The van der Waals surface area contributed by atoms with Crippen LogP contribution in [0.25, 0.3) is 4.96 Å². The van der Waals surface area contributed by atoms with Gasteiger partial charge in [0.05, 0.1) is 10.0 Å². The molecule has 0 aliphatic rings. The summed E-state index contributed by atoms with van der Waals surface area (Å²) >= 11 is 13.0. The van der Waals surface area contributed by atoms with E-state index in [9.17, 15) is 4.79 Å². The Labute approximate surface area is 140 Å². The van der Waals surface area contributed by atoms with E-state index < -0.39 is 0 Å². The number of aromatic nitrogens is 4. The lowest BCUT2D eigenvalue weighted by molar-refractivity contribution is 0.102. The molecule has 0 radical (unpaired) electrons. The highest BCUT2D eigenvalue weighted by Gasteiger charge is 2.18. The number of rotatable bonds is 3. The molecule has 1 N–H and O–H groups in total. The summed E-state index contributed by atoms with van der Waals surface area (Å²) < 4.78 is 1.60. The topological polar surface area (TPSA) is 72.2 Å². The predicted octanol–water partition coefficient (Wildman–Crippen LogP) is 3.87. The molecule has 0 aliphatic carbocycles. The van der Waals surface area contributed by atoms with Crippen LogP contribution in [-0.2, 0) is 0 Å². The van der Waals surface area contributed by atoms with Crippen LogP contribution < -0.4 is 5.32 Å². The van der Waals surface area contributed by atoms with E-state index in [1.807, 2.05) is 13.8 Å². The van der Waals surface area contributed by atoms with Crippen LogP contribution in [0.5, 0.6) is 0 Å². The second-order valence-electron chi connectivity index (χ2n) is 4.90. The van der Waals surface area contributed by atoms with Crippen molar-refractivity contribution in [1.29, 1.82) is 0 Å². The van der Waals surface area contributed by atoms with Crippen molar-refractivity contribution in [3.63, 3.8) is 0 Å². The molecule has 0 atom stereocenters. The Morgan fingerprint density at radius 2 is 2.05 bits per heavy atom. The van der Waals surface area contributed by atoms with Crippen molar-refractivity contribution in [3.8, 4) is 0 Å². The molecule has 3 aromatic rings. The van der Waals surface area contributed by atoms with Gasteiger partial charge in [0.15, 0.2) is 5.82 Å². The quantitative estimate of drug-likeness (QED) is 0.773. The highest BCUT2D eigenvalue weighted by atomic mass is 35.5. The molecule has 6 nitrogen and oxygen atoms in total. The van der Waals surface area contributed by atoms with Crippen molar-refractivity contribution in [2.45, 2.75) is 19.8 Å². The molecule has 22 heavy (non-hydrogen) atoms. The molecule has 2 aromatic heterocycles. The highest BCUT2D eigenvalue weighted by molar-refractivity contribution is 7.18. The Balaban J connectivity index is 1.87. The number of nitrogens with one attached hydrogen (secondary N) is 1. The zero-order chi connectivity index (χ0) is 15.9. The summed E-state index contributed by atoms with van der Waals surface area (Å²) in [7, 11) is 0. The zero-order valence-electron chi connectivity index (χ0n) is 11.7. The molecule has 0 aliphatic heterocycles. The maximum atomic E-state index is 12.3. The SMILES string of the molecule is CC(C)c1nnc2sc(C(=O)Nc3ccc(Cl)c(Cl)c3)nn12. The van der Waals surface area contributed by atoms with Gasteiger partial charge >= 0.3 is 0 Å². The molecule has 0 unspecified atom stereocenters. The van der Waals surface area contributed by atoms with Gasteiger partial charge in [-0.25, -0.2) is 0 Å². The van der Waals surface area contributed by atoms with Crippen molar-refractivity contribution in [2.75, 3.05) is 5.32 Å². The molecule has 114 valence electrons. The molecule has 2 heterocycles. The lowest BCUT2D eigenvalue weighted by Crippen LogP contribution is -2.12. The number of benzene rings is 1. The lowest BCUT2D eigenvalue weighted by atomic mass is 10.2. The Bertz CT molecular complexity index is 857. The summed E-state index contributed by atoms with van der Waals surface area (Å²) in [6.45, 7) is 3.98. The molecule has 0 saturated carbocycles. The van der Waals surface area contributed by atoms with E-state index in [1.54, 1.807) is 22.7 Å². The number of carbonyl (C=O) groups excluding carboxylic acids is 1. The van der Waals surface area contributed by atoms with Gasteiger partial charge in [-0.05, 0) is 18.2 Å². The van der Waals surface area contributed by atoms with Gasteiger partial charge in [0.2, 0.25) is 9.97 Å². The van der Waals surface area contributed by atoms with Crippen LogP contribution in [0.2, 0.25) is 10.0 Å².